The standard InChI is InChI=1S/C19H23FN2O3S/c1-13(2)17-10-5-6-11-18(17)21-19(23)14(3)22(26(4,24)25)16-9-7-8-15(20)12-16/h5-14H,1-4H3,(H,21,23)/t14-/m1/s1. The predicted molar refractivity (Wildman–Crippen MR) is 102 cm³/mol. The third-order valence-corrected chi connectivity index (χ3v) is 5.23. The Labute approximate surface area is 153 Å². The van der Waals surface area contributed by atoms with E-state index in [4.69, 9.17) is 0 Å². The lowest BCUT2D eigenvalue weighted by Gasteiger charge is -2.28. The van der Waals surface area contributed by atoms with Crippen LogP contribution >= 0.6 is 0 Å². The Hall–Kier alpha value is -2.41. The van der Waals surface area contributed by atoms with E-state index in [1.54, 1.807) is 12.1 Å². The normalized spacial score (nSPS) is 12.7. The number of hydrogen-bond donors (Lipinski definition) is 1. The Kier molecular flexibility index (Phi) is 6.02. The van der Waals surface area contributed by atoms with Gasteiger partial charge in [0.05, 0.1) is 11.9 Å². The zero-order valence-electron chi connectivity index (χ0n) is 15.2. The number of sulfonamides is 1. The number of rotatable bonds is 6. The molecule has 0 fully saturated rings. The SMILES string of the molecule is CC(C)c1ccccc1NC(=O)[C@@H](C)N(c1cccc(F)c1)S(C)(=O)=O. The first-order valence-electron chi connectivity index (χ1n) is 8.26. The van der Waals surface area contributed by atoms with E-state index in [1.807, 2.05) is 26.0 Å². The van der Waals surface area contributed by atoms with Crippen molar-refractivity contribution in [3.63, 3.8) is 0 Å². The van der Waals surface area contributed by atoms with Crippen LogP contribution in [0, 0.1) is 5.82 Å². The van der Waals surface area contributed by atoms with Gasteiger partial charge in [-0.3, -0.25) is 9.10 Å². The van der Waals surface area contributed by atoms with Crippen LogP contribution in [0.4, 0.5) is 15.8 Å². The van der Waals surface area contributed by atoms with E-state index >= 15 is 0 Å². The Bertz CT molecular complexity index is 897. The molecule has 0 aliphatic rings. The number of carbonyl (C=O) groups is 1. The van der Waals surface area contributed by atoms with E-state index < -0.39 is 27.8 Å². The predicted octanol–water partition coefficient (Wildman–Crippen LogP) is 3.74. The fourth-order valence-corrected chi connectivity index (χ4v) is 3.94. The van der Waals surface area contributed by atoms with Crippen molar-refractivity contribution in [3.05, 3.63) is 59.9 Å². The molecular weight excluding hydrogens is 355 g/mol. The van der Waals surface area contributed by atoms with Crippen molar-refractivity contribution in [2.45, 2.75) is 32.7 Å². The lowest BCUT2D eigenvalue weighted by Crippen LogP contribution is -2.45. The van der Waals surface area contributed by atoms with Crippen molar-refractivity contribution < 1.29 is 17.6 Å². The lowest BCUT2D eigenvalue weighted by atomic mass is 10.0. The number of anilines is 2. The summed E-state index contributed by atoms with van der Waals surface area (Å²) in [5, 5.41) is 2.79. The third-order valence-electron chi connectivity index (χ3n) is 3.99. The molecular formula is C19H23FN2O3S. The topological polar surface area (TPSA) is 66.5 Å². The molecule has 0 saturated heterocycles. The summed E-state index contributed by atoms with van der Waals surface area (Å²) >= 11 is 0. The van der Waals surface area contributed by atoms with Gasteiger partial charge in [0.1, 0.15) is 11.9 Å². The second-order valence-electron chi connectivity index (χ2n) is 6.45. The van der Waals surface area contributed by atoms with Gasteiger partial charge in [-0.2, -0.15) is 0 Å². The summed E-state index contributed by atoms with van der Waals surface area (Å²) < 4.78 is 38.9. The minimum Gasteiger partial charge on any atom is -0.324 e. The fourth-order valence-electron chi connectivity index (χ4n) is 2.77. The Morgan fingerprint density at radius 2 is 1.73 bits per heavy atom. The average Bonchev–Trinajstić information content (AvgIpc) is 2.54. The number of amides is 1. The van der Waals surface area contributed by atoms with Crippen LogP contribution in [-0.2, 0) is 14.8 Å². The number of para-hydroxylation sites is 1. The first kappa shape index (κ1) is 19.9. The number of halogens is 1. The minimum atomic E-state index is -3.79. The zero-order chi connectivity index (χ0) is 19.5. The van der Waals surface area contributed by atoms with Crippen LogP contribution in [0.5, 0.6) is 0 Å². The van der Waals surface area contributed by atoms with Gasteiger partial charge in [-0.25, -0.2) is 12.8 Å². The number of carbonyl (C=O) groups excluding carboxylic acids is 1. The van der Waals surface area contributed by atoms with Crippen molar-refractivity contribution in [1.29, 1.82) is 0 Å². The molecule has 7 heteroatoms. The Morgan fingerprint density at radius 3 is 2.31 bits per heavy atom. The van der Waals surface area contributed by atoms with Gasteiger partial charge in [-0.1, -0.05) is 38.1 Å². The van der Waals surface area contributed by atoms with Crippen LogP contribution in [0.15, 0.2) is 48.5 Å². The molecule has 2 rings (SSSR count). The molecule has 0 aromatic heterocycles. The zero-order valence-corrected chi connectivity index (χ0v) is 16.0. The van der Waals surface area contributed by atoms with Gasteiger partial charge in [-0.15, -0.1) is 0 Å². The van der Waals surface area contributed by atoms with E-state index in [9.17, 15) is 17.6 Å². The van der Waals surface area contributed by atoms with Crippen LogP contribution in [0.25, 0.3) is 0 Å². The smallest absolute Gasteiger partial charge is 0.248 e. The molecule has 0 unspecified atom stereocenters. The van der Waals surface area contributed by atoms with E-state index in [1.165, 1.54) is 25.1 Å². The molecule has 0 spiro atoms. The summed E-state index contributed by atoms with van der Waals surface area (Å²) in [6.45, 7) is 5.48. The van der Waals surface area contributed by atoms with Crippen LogP contribution < -0.4 is 9.62 Å². The molecule has 5 nitrogen and oxygen atoms in total. The molecule has 0 saturated carbocycles. The van der Waals surface area contributed by atoms with Crippen LogP contribution in [-0.4, -0.2) is 26.6 Å². The lowest BCUT2D eigenvalue weighted by molar-refractivity contribution is -0.116. The molecule has 26 heavy (non-hydrogen) atoms. The van der Waals surface area contributed by atoms with Crippen molar-refractivity contribution in [2.24, 2.45) is 0 Å². The molecule has 1 atom stereocenters. The molecule has 0 bridgehead atoms. The first-order chi connectivity index (χ1) is 12.1. The van der Waals surface area contributed by atoms with Crippen molar-refractivity contribution in [3.8, 4) is 0 Å². The maximum atomic E-state index is 13.5. The molecule has 0 aliphatic heterocycles. The van der Waals surface area contributed by atoms with Gasteiger partial charge in [0, 0.05) is 5.69 Å². The summed E-state index contributed by atoms with van der Waals surface area (Å²) in [4.78, 5) is 12.7. The molecule has 1 N–H and O–H groups in total. The molecule has 0 heterocycles. The summed E-state index contributed by atoms with van der Waals surface area (Å²) in [6, 6.07) is 11.5. The summed E-state index contributed by atoms with van der Waals surface area (Å²) in [5.74, 6) is -0.877. The van der Waals surface area contributed by atoms with Crippen LogP contribution in [0.2, 0.25) is 0 Å². The highest BCUT2D eigenvalue weighted by molar-refractivity contribution is 7.92. The van der Waals surface area contributed by atoms with Gasteiger partial charge in [0.2, 0.25) is 15.9 Å². The van der Waals surface area contributed by atoms with Crippen molar-refractivity contribution in [1.82, 2.24) is 0 Å². The van der Waals surface area contributed by atoms with E-state index in [-0.39, 0.29) is 11.6 Å². The number of nitrogens with one attached hydrogen (secondary N) is 1. The first-order valence-corrected chi connectivity index (χ1v) is 10.1. The maximum Gasteiger partial charge on any atom is 0.248 e. The quantitative estimate of drug-likeness (QED) is 0.833. The second-order valence-corrected chi connectivity index (χ2v) is 8.31. The van der Waals surface area contributed by atoms with Crippen molar-refractivity contribution in [2.75, 3.05) is 15.9 Å². The monoisotopic (exact) mass is 378 g/mol. The molecule has 0 radical (unpaired) electrons. The highest BCUT2D eigenvalue weighted by Gasteiger charge is 2.29. The number of nitrogens with zero attached hydrogens (tertiary/aromatic N) is 1. The third kappa shape index (κ3) is 4.60. The maximum absolute atomic E-state index is 13.5. The van der Waals surface area contributed by atoms with Crippen LogP contribution in [0.1, 0.15) is 32.3 Å². The van der Waals surface area contributed by atoms with Crippen molar-refractivity contribution >= 4 is 27.3 Å². The second kappa shape index (κ2) is 7.86. The van der Waals surface area contributed by atoms with Gasteiger partial charge in [0.25, 0.3) is 0 Å². The van der Waals surface area contributed by atoms with Gasteiger partial charge in [-0.05, 0) is 42.7 Å². The summed E-state index contributed by atoms with van der Waals surface area (Å²) in [6.07, 6.45) is 0.990. The number of hydrogen-bond acceptors (Lipinski definition) is 3. The molecule has 1 amide bonds. The summed E-state index contributed by atoms with van der Waals surface area (Å²) in [7, 11) is -3.79. The van der Waals surface area contributed by atoms with Crippen LogP contribution in [0.3, 0.4) is 0 Å². The molecule has 0 aliphatic carbocycles. The molecule has 2 aromatic carbocycles. The number of benzene rings is 2. The Balaban J connectivity index is 2.35. The van der Waals surface area contributed by atoms with E-state index in [0.29, 0.717) is 5.69 Å². The fraction of sp³-hybridized carbons (Fsp3) is 0.316. The Morgan fingerprint density at radius 1 is 1.08 bits per heavy atom. The largest absolute Gasteiger partial charge is 0.324 e. The highest BCUT2D eigenvalue weighted by Crippen LogP contribution is 2.26. The minimum absolute atomic E-state index is 0.104. The van der Waals surface area contributed by atoms with Gasteiger partial charge in [0.15, 0.2) is 0 Å². The van der Waals surface area contributed by atoms with Gasteiger partial charge >= 0.3 is 0 Å². The summed E-state index contributed by atoms with van der Waals surface area (Å²) in [5.41, 5.74) is 1.68. The van der Waals surface area contributed by atoms with Gasteiger partial charge < -0.3 is 5.32 Å². The van der Waals surface area contributed by atoms with E-state index in [2.05, 4.69) is 5.32 Å². The van der Waals surface area contributed by atoms with E-state index in [0.717, 1.165) is 22.2 Å². The molecule has 2 aromatic rings. The average molecular weight is 378 g/mol. The molecule has 140 valence electrons. The highest BCUT2D eigenvalue weighted by atomic mass is 32.2.